The summed E-state index contributed by atoms with van der Waals surface area (Å²) in [6.07, 6.45) is 2.56. The number of nitrogens with one attached hydrogen (secondary N) is 3. The number of imidazole rings is 1. The zero-order valence-electron chi connectivity index (χ0n) is 33.7. The van der Waals surface area contributed by atoms with Gasteiger partial charge in [-0.25, -0.2) is 32.1 Å². The van der Waals surface area contributed by atoms with E-state index in [9.17, 15) is 37.8 Å². The van der Waals surface area contributed by atoms with Crippen molar-refractivity contribution in [1.82, 2.24) is 34.3 Å². The van der Waals surface area contributed by atoms with Gasteiger partial charge in [-0.3, -0.25) is 25.2 Å². The van der Waals surface area contributed by atoms with Gasteiger partial charge < -0.3 is 24.8 Å². The van der Waals surface area contributed by atoms with Crippen LogP contribution in [0.3, 0.4) is 0 Å². The molecule has 2 aromatic rings. The molecule has 3 atom stereocenters. The molecule has 3 saturated heterocycles. The van der Waals surface area contributed by atoms with Gasteiger partial charge in [0, 0.05) is 55.3 Å². The molecular formula is C38H58N8O9S. The average molecular weight is 803 g/mol. The van der Waals surface area contributed by atoms with Crippen LogP contribution in [-0.2, 0) is 19.6 Å². The number of benzene rings is 1. The predicted octanol–water partition coefficient (Wildman–Crippen LogP) is 5.27. The fraction of sp³-hybridized carbons (Fsp3) is 0.658. The number of methoxy groups -OCH3 is 1. The van der Waals surface area contributed by atoms with Crippen molar-refractivity contribution < 1.29 is 42.5 Å². The molecule has 5 rings (SSSR count). The van der Waals surface area contributed by atoms with E-state index in [0.29, 0.717) is 63.3 Å². The Morgan fingerprint density at radius 1 is 0.929 bits per heavy atom. The van der Waals surface area contributed by atoms with Crippen molar-refractivity contribution in [3.8, 4) is 11.3 Å². The lowest BCUT2D eigenvalue weighted by molar-refractivity contribution is -0.172. The van der Waals surface area contributed by atoms with Gasteiger partial charge in [0.25, 0.3) is 0 Å². The first-order chi connectivity index (χ1) is 26.1. The molecule has 1 aromatic heterocycles. The maximum absolute atomic E-state index is 14.7. The number of carbonyl (C=O) groups excluding carboxylic acids is 2. The number of carboxylic acid groups (broad SMARTS) is 2. The number of piperidine rings is 2. The average Bonchev–Trinajstić information content (AvgIpc) is 3.78. The Morgan fingerprint density at radius 3 is 2.04 bits per heavy atom. The molecule has 4 amide bonds. The number of sulfonamides is 1. The summed E-state index contributed by atoms with van der Waals surface area (Å²) in [6, 6.07) is 6.82. The maximum Gasteiger partial charge on any atom is 0.411 e. The summed E-state index contributed by atoms with van der Waals surface area (Å²) in [5.41, 5.74) is 0.240. The van der Waals surface area contributed by atoms with Crippen LogP contribution in [0.15, 0.2) is 30.5 Å². The molecule has 1 unspecified atom stereocenters. The summed E-state index contributed by atoms with van der Waals surface area (Å²) < 4.78 is 30.7. The van der Waals surface area contributed by atoms with Crippen LogP contribution >= 0.6 is 0 Å². The van der Waals surface area contributed by atoms with Gasteiger partial charge in [-0.15, -0.1) is 0 Å². The van der Waals surface area contributed by atoms with Crippen LogP contribution in [0.5, 0.6) is 0 Å². The lowest BCUT2D eigenvalue weighted by atomic mass is 9.80. The van der Waals surface area contributed by atoms with E-state index in [1.54, 1.807) is 39.1 Å². The van der Waals surface area contributed by atoms with E-state index in [-0.39, 0.29) is 36.9 Å². The molecule has 1 aromatic carbocycles. The van der Waals surface area contributed by atoms with E-state index in [0.717, 1.165) is 11.3 Å². The number of rotatable bonds is 9. The molecule has 3 aliphatic heterocycles. The van der Waals surface area contributed by atoms with Gasteiger partial charge in [-0.05, 0) is 82.4 Å². The van der Waals surface area contributed by atoms with Crippen LogP contribution < -0.4 is 10.6 Å². The molecule has 3 aliphatic rings. The Kier molecular flexibility index (Phi) is 12.4. The molecule has 18 heteroatoms. The van der Waals surface area contributed by atoms with Crippen LogP contribution in [0.1, 0.15) is 85.5 Å². The molecule has 0 saturated carbocycles. The van der Waals surface area contributed by atoms with Crippen molar-refractivity contribution in [2.45, 2.75) is 91.0 Å². The number of anilines is 1. The van der Waals surface area contributed by atoms with Crippen LogP contribution in [0.25, 0.3) is 11.3 Å². The highest BCUT2D eigenvalue weighted by Gasteiger charge is 2.58. The first-order valence-corrected chi connectivity index (χ1v) is 21.0. The third-order valence-electron chi connectivity index (χ3n) is 11.6. The number of amides is 4. The quantitative estimate of drug-likeness (QED) is 0.206. The molecule has 0 bridgehead atoms. The third-order valence-corrected chi connectivity index (χ3v) is 12.9. The molecule has 56 heavy (non-hydrogen) atoms. The summed E-state index contributed by atoms with van der Waals surface area (Å²) >= 11 is 0. The first kappa shape index (κ1) is 42.7. The van der Waals surface area contributed by atoms with Crippen molar-refractivity contribution >= 4 is 39.9 Å². The Morgan fingerprint density at radius 2 is 1.54 bits per heavy atom. The van der Waals surface area contributed by atoms with Gasteiger partial charge in [0.05, 0.1) is 31.3 Å². The number of ether oxygens (including phenoxy) is 1. The van der Waals surface area contributed by atoms with Crippen molar-refractivity contribution in [3.63, 3.8) is 0 Å². The third kappa shape index (κ3) is 8.91. The molecule has 4 heterocycles. The van der Waals surface area contributed by atoms with Crippen molar-refractivity contribution in [2.75, 3.05) is 51.4 Å². The SMILES string of the molecule is COC(=O)Nc1ccc(-c2cnc([C@@H]3C[C@H](C4CCN(S(C)(=O)=O)CC4)CN3C(=O)C3CCN(C(NC(=O)O)(N(C(=O)O)C(C)(C)C)C(C)(C)C)CC3)[nH]2)cc1. The Bertz CT molecular complexity index is 1860. The molecule has 0 spiro atoms. The second kappa shape index (κ2) is 16.2. The molecule has 0 radical (unpaired) electrons. The van der Waals surface area contributed by atoms with Crippen molar-refractivity contribution in [2.24, 2.45) is 23.2 Å². The monoisotopic (exact) mass is 802 g/mol. The zero-order valence-corrected chi connectivity index (χ0v) is 34.5. The Hall–Kier alpha value is -4.42. The lowest BCUT2D eigenvalue weighted by Crippen LogP contribution is -2.80. The predicted molar refractivity (Wildman–Crippen MR) is 209 cm³/mol. The molecule has 17 nitrogen and oxygen atoms in total. The summed E-state index contributed by atoms with van der Waals surface area (Å²) in [7, 11) is -2.01. The van der Waals surface area contributed by atoms with Gasteiger partial charge in [-0.1, -0.05) is 32.9 Å². The number of hydrogen-bond donors (Lipinski definition) is 5. The highest BCUT2D eigenvalue weighted by molar-refractivity contribution is 7.88. The van der Waals surface area contributed by atoms with Gasteiger partial charge in [0.15, 0.2) is 5.79 Å². The minimum Gasteiger partial charge on any atom is -0.465 e. The molecular weight excluding hydrogens is 745 g/mol. The molecule has 5 N–H and O–H groups in total. The number of carbonyl (C=O) groups is 4. The summed E-state index contributed by atoms with van der Waals surface area (Å²) in [4.78, 5) is 64.8. The first-order valence-electron chi connectivity index (χ1n) is 19.1. The summed E-state index contributed by atoms with van der Waals surface area (Å²) in [5, 5.41) is 25.9. The number of aromatic amines is 1. The maximum atomic E-state index is 14.7. The summed E-state index contributed by atoms with van der Waals surface area (Å²) in [6.45, 7) is 12.5. The fourth-order valence-corrected chi connectivity index (χ4v) is 9.84. The van der Waals surface area contributed by atoms with Gasteiger partial charge in [0.2, 0.25) is 15.9 Å². The van der Waals surface area contributed by atoms with Crippen molar-refractivity contribution in [3.05, 3.63) is 36.3 Å². The highest BCUT2D eigenvalue weighted by Crippen LogP contribution is 2.45. The number of nitrogens with zero attached hydrogens (tertiary/aromatic N) is 5. The number of hydrogen-bond acceptors (Lipinski definition) is 9. The number of likely N-dealkylation sites (tertiary alicyclic amines) is 2. The molecule has 3 fully saturated rings. The molecule has 0 aliphatic carbocycles. The van der Waals surface area contributed by atoms with E-state index in [1.807, 2.05) is 42.7 Å². The van der Waals surface area contributed by atoms with Crippen LogP contribution in [0, 0.1) is 23.2 Å². The standard InChI is InChI=1S/C38H58N8O9S/c1-36(2,3)38(42-33(48)49,46(35(51)52)37(4,5)6)43-17-13-26(14-18-43)32(47)45-23-27(24-15-19-44(20-16-24)56(8,53)54)21-30(45)31-39-22-29(41-31)25-9-11-28(12-10-25)40-34(50)55-7/h9-12,22,24,26-27,30,42H,13-21,23H2,1-8H3,(H,39,41)(H,40,50)(H,48,49)(H,51,52)/t27-,30-,38?/m0/s1. The number of H-pyrrole nitrogens is 1. The highest BCUT2D eigenvalue weighted by atomic mass is 32.2. The summed E-state index contributed by atoms with van der Waals surface area (Å²) in [5.74, 6) is -1.12. The van der Waals surface area contributed by atoms with E-state index in [4.69, 9.17) is 4.98 Å². The number of aromatic nitrogens is 2. The Balaban J connectivity index is 1.40. The van der Waals surface area contributed by atoms with Gasteiger partial charge in [-0.2, -0.15) is 0 Å². The second-order valence-electron chi connectivity index (χ2n) is 17.3. The fourth-order valence-electron chi connectivity index (χ4n) is 8.96. The molecule has 310 valence electrons. The Labute approximate surface area is 329 Å². The minimum atomic E-state index is -3.30. The van der Waals surface area contributed by atoms with E-state index >= 15 is 0 Å². The van der Waals surface area contributed by atoms with Crippen LogP contribution in [0.2, 0.25) is 0 Å². The lowest BCUT2D eigenvalue weighted by Gasteiger charge is -2.60. The van der Waals surface area contributed by atoms with Gasteiger partial charge >= 0.3 is 18.3 Å². The van der Waals surface area contributed by atoms with Crippen molar-refractivity contribution in [1.29, 1.82) is 0 Å². The normalized spacial score (nSPS) is 22.0. The topological polar surface area (TPSA) is 218 Å². The largest absolute Gasteiger partial charge is 0.465 e. The smallest absolute Gasteiger partial charge is 0.411 e. The van der Waals surface area contributed by atoms with E-state index in [2.05, 4.69) is 20.4 Å². The van der Waals surface area contributed by atoms with Crippen LogP contribution in [0.4, 0.5) is 20.1 Å². The second-order valence-corrected chi connectivity index (χ2v) is 19.3. The van der Waals surface area contributed by atoms with E-state index < -0.39 is 51.0 Å². The van der Waals surface area contributed by atoms with Crippen LogP contribution in [-0.4, -0.2) is 129 Å². The van der Waals surface area contributed by atoms with E-state index in [1.165, 1.54) is 22.6 Å². The minimum absolute atomic E-state index is 0.0413. The zero-order chi connectivity index (χ0) is 41.4. The van der Waals surface area contributed by atoms with Gasteiger partial charge in [0.1, 0.15) is 5.82 Å².